The fraction of sp³-hybridized carbons (Fsp3) is 0.0909. The first-order valence-corrected chi connectivity index (χ1v) is 4.97. The van der Waals surface area contributed by atoms with Crippen molar-refractivity contribution in [3.63, 3.8) is 0 Å². The van der Waals surface area contributed by atoms with E-state index in [1.165, 1.54) is 0 Å². The topological polar surface area (TPSA) is 9.23 Å². The Morgan fingerprint density at radius 3 is 2.47 bits per heavy atom. The second-order valence-electron chi connectivity index (χ2n) is 2.91. The third kappa shape index (κ3) is 3.18. The number of rotatable bonds is 2. The van der Waals surface area contributed by atoms with Crippen LogP contribution in [0.15, 0.2) is 40.9 Å². The Kier molecular flexibility index (Phi) is 5.06. The van der Waals surface area contributed by atoms with Crippen molar-refractivity contribution in [2.24, 2.45) is 0 Å². The van der Waals surface area contributed by atoms with E-state index in [0.717, 1.165) is 15.2 Å². The first kappa shape index (κ1) is 13.0. The summed E-state index contributed by atoms with van der Waals surface area (Å²) in [6.07, 6.45) is 0. The average Bonchev–Trinajstić information content (AvgIpc) is 2.19. The number of alkyl halides is 1. The molecule has 0 heterocycles. The molecule has 0 N–H and O–H groups in total. The van der Waals surface area contributed by atoms with Gasteiger partial charge in [0.15, 0.2) is 0 Å². The van der Waals surface area contributed by atoms with Crippen LogP contribution in [0.5, 0.6) is 5.75 Å². The van der Waals surface area contributed by atoms with Crippen molar-refractivity contribution in [1.82, 2.24) is 0 Å². The van der Waals surface area contributed by atoms with Gasteiger partial charge in [-0.25, -0.2) is 4.39 Å². The van der Waals surface area contributed by atoms with Crippen molar-refractivity contribution in [2.45, 2.75) is 0 Å². The predicted octanol–water partition coefficient (Wildman–Crippen LogP) is 3.26. The molecule has 0 aliphatic rings. The summed E-state index contributed by atoms with van der Waals surface area (Å²) in [5.41, 5.74) is 0. The monoisotopic (exact) mass is 278 g/mol. The van der Waals surface area contributed by atoms with E-state index in [0.29, 0.717) is 5.75 Å². The van der Waals surface area contributed by atoms with Crippen molar-refractivity contribution in [1.29, 1.82) is 0 Å². The van der Waals surface area contributed by atoms with Gasteiger partial charge in [-0.15, -0.1) is 0 Å². The number of fused-ring (bicyclic) bond motifs is 1. The zero-order valence-corrected chi connectivity index (χ0v) is 8.92. The Hall–Kier alpha value is -0.0900. The van der Waals surface area contributed by atoms with E-state index in [1.807, 2.05) is 30.3 Å². The number of ether oxygens (including phenoxy) is 1. The van der Waals surface area contributed by atoms with Crippen LogP contribution < -0.4 is 4.74 Å². The van der Waals surface area contributed by atoms with Crippen molar-refractivity contribution < 1.29 is 9.13 Å². The second-order valence-corrected chi connectivity index (χ2v) is 3.82. The fourth-order valence-corrected chi connectivity index (χ4v) is 1.73. The molecule has 0 unspecified atom stereocenters. The van der Waals surface area contributed by atoms with Crippen LogP contribution in [0.4, 0.5) is 4.39 Å². The SMILES string of the molecule is FCOc1ccc2cc(Br)ccc2c1.[NaH]. The van der Waals surface area contributed by atoms with E-state index >= 15 is 0 Å². The number of hydrogen-bond donors (Lipinski definition) is 0. The van der Waals surface area contributed by atoms with Gasteiger partial charge >= 0.3 is 29.6 Å². The molecule has 15 heavy (non-hydrogen) atoms. The zero-order valence-electron chi connectivity index (χ0n) is 7.34. The molecule has 0 spiro atoms. The molecule has 0 amide bonds. The van der Waals surface area contributed by atoms with Gasteiger partial charge in [-0.3, -0.25) is 0 Å². The van der Waals surface area contributed by atoms with Crippen LogP contribution in [0.1, 0.15) is 0 Å². The predicted molar refractivity (Wildman–Crippen MR) is 65.4 cm³/mol. The summed E-state index contributed by atoms with van der Waals surface area (Å²) in [4.78, 5) is 0. The van der Waals surface area contributed by atoms with Gasteiger partial charge in [0.25, 0.3) is 0 Å². The van der Waals surface area contributed by atoms with Crippen molar-refractivity contribution in [3.8, 4) is 5.75 Å². The second kappa shape index (κ2) is 5.85. The molecule has 0 atom stereocenters. The molecule has 0 saturated heterocycles. The third-order valence-electron chi connectivity index (χ3n) is 1.99. The first-order chi connectivity index (χ1) is 6.79. The molecule has 2 aromatic carbocycles. The van der Waals surface area contributed by atoms with E-state index in [2.05, 4.69) is 15.9 Å². The van der Waals surface area contributed by atoms with Crippen molar-refractivity contribution in [2.75, 3.05) is 6.86 Å². The van der Waals surface area contributed by atoms with E-state index < -0.39 is 6.86 Å². The molecule has 0 fully saturated rings. The van der Waals surface area contributed by atoms with Gasteiger partial charge in [-0.2, -0.15) is 0 Å². The van der Waals surface area contributed by atoms with Crippen LogP contribution in [0.3, 0.4) is 0 Å². The van der Waals surface area contributed by atoms with E-state index in [4.69, 9.17) is 4.74 Å². The molecule has 2 rings (SSSR count). The fourth-order valence-electron chi connectivity index (χ4n) is 1.35. The van der Waals surface area contributed by atoms with Crippen LogP contribution in [-0.4, -0.2) is 36.4 Å². The Balaban J connectivity index is 0.00000112. The Morgan fingerprint density at radius 2 is 1.73 bits per heavy atom. The molecule has 0 aliphatic heterocycles. The van der Waals surface area contributed by atoms with Crippen LogP contribution in [-0.2, 0) is 0 Å². The van der Waals surface area contributed by atoms with E-state index in [1.54, 1.807) is 6.07 Å². The summed E-state index contributed by atoms with van der Waals surface area (Å²) in [6.45, 7) is -0.790. The Bertz CT molecular complexity index is 461. The minimum atomic E-state index is -0.790. The molecule has 4 heteroatoms. The molecule has 2 aromatic rings. The number of hydrogen-bond acceptors (Lipinski definition) is 1. The molecule has 0 saturated carbocycles. The van der Waals surface area contributed by atoms with Gasteiger partial charge in [-0.05, 0) is 35.0 Å². The molecule has 0 aromatic heterocycles. The van der Waals surface area contributed by atoms with Gasteiger partial charge in [0.2, 0.25) is 6.86 Å². The van der Waals surface area contributed by atoms with E-state index in [9.17, 15) is 4.39 Å². The first-order valence-electron chi connectivity index (χ1n) is 4.18. The maximum atomic E-state index is 11.9. The standard InChI is InChI=1S/C11H8BrFO.Na.H/c12-10-3-1-9-6-11(14-7-13)4-2-8(9)5-10;;/h1-6H,7H2;;. The van der Waals surface area contributed by atoms with Crippen LogP contribution in [0, 0.1) is 0 Å². The van der Waals surface area contributed by atoms with Crippen LogP contribution in [0.25, 0.3) is 10.8 Å². The third-order valence-corrected chi connectivity index (χ3v) is 2.49. The minimum absolute atomic E-state index is 0. The molecule has 1 nitrogen and oxygen atoms in total. The Labute approximate surface area is 118 Å². The molecular weight excluding hydrogens is 270 g/mol. The summed E-state index contributed by atoms with van der Waals surface area (Å²) in [6, 6.07) is 11.4. The summed E-state index contributed by atoms with van der Waals surface area (Å²) < 4.78 is 17.7. The summed E-state index contributed by atoms with van der Waals surface area (Å²) in [5, 5.41) is 2.14. The van der Waals surface area contributed by atoms with Gasteiger partial charge in [-0.1, -0.05) is 28.1 Å². The molecule has 0 aliphatic carbocycles. The average molecular weight is 279 g/mol. The Morgan fingerprint density at radius 1 is 1.07 bits per heavy atom. The van der Waals surface area contributed by atoms with Crippen LogP contribution in [0.2, 0.25) is 0 Å². The zero-order chi connectivity index (χ0) is 9.97. The van der Waals surface area contributed by atoms with Gasteiger partial charge < -0.3 is 4.74 Å². The number of benzene rings is 2. The van der Waals surface area contributed by atoms with Crippen LogP contribution >= 0.6 is 15.9 Å². The van der Waals surface area contributed by atoms with Gasteiger partial charge in [0, 0.05) is 4.47 Å². The molecule has 0 bridgehead atoms. The summed E-state index contributed by atoms with van der Waals surface area (Å²) >= 11 is 3.39. The maximum absolute atomic E-state index is 11.9. The van der Waals surface area contributed by atoms with E-state index in [-0.39, 0.29) is 29.6 Å². The summed E-state index contributed by atoms with van der Waals surface area (Å²) in [5.74, 6) is 0.558. The normalized spacial score (nSPS) is 9.73. The molecular formula is C11H9BrFNaO. The quantitative estimate of drug-likeness (QED) is 0.767. The molecule has 74 valence electrons. The van der Waals surface area contributed by atoms with Gasteiger partial charge in [0.1, 0.15) is 5.75 Å². The van der Waals surface area contributed by atoms with Crippen molar-refractivity contribution >= 4 is 56.3 Å². The summed E-state index contributed by atoms with van der Waals surface area (Å²) in [7, 11) is 0. The van der Waals surface area contributed by atoms with Gasteiger partial charge in [0.05, 0.1) is 0 Å². The molecule has 0 radical (unpaired) electrons. The van der Waals surface area contributed by atoms with Crippen molar-refractivity contribution in [3.05, 3.63) is 40.9 Å². The number of halogens is 2.